The molecule has 4 nitrogen and oxygen atoms in total. The number of nitrogens with one attached hydrogen (secondary N) is 2. The van der Waals surface area contributed by atoms with Gasteiger partial charge >= 0.3 is 0 Å². The first-order valence-corrected chi connectivity index (χ1v) is 9.19. The lowest BCUT2D eigenvalue weighted by Gasteiger charge is -2.21. The van der Waals surface area contributed by atoms with Crippen LogP contribution < -0.4 is 5.32 Å². The van der Waals surface area contributed by atoms with Gasteiger partial charge in [-0.25, -0.2) is 4.39 Å². The maximum atomic E-state index is 13.3. The second-order valence-corrected chi connectivity index (χ2v) is 6.73. The van der Waals surface area contributed by atoms with E-state index in [0.717, 1.165) is 22.4 Å². The molecule has 0 saturated carbocycles. The molecular formula is C23H21FN4. The predicted molar refractivity (Wildman–Crippen MR) is 108 cm³/mol. The van der Waals surface area contributed by atoms with Crippen molar-refractivity contribution < 1.29 is 4.39 Å². The van der Waals surface area contributed by atoms with E-state index in [0.29, 0.717) is 6.54 Å². The minimum atomic E-state index is -0.250. The molecule has 0 fully saturated rings. The number of halogens is 1. The van der Waals surface area contributed by atoms with Crippen LogP contribution in [0.15, 0.2) is 79.3 Å². The Bertz CT molecular complexity index is 1040. The number of aromatic amines is 1. The number of aryl methyl sites for hydroxylation is 1. The number of rotatable bonds is 6. The van der Waals surface area contributed by atoms with Crippen LogP contribution >= 0.6 is 0 Å². The fraction of sp³-hybridized carbons (Fsp3) is 0.130. The maximum absolute atomic E-state index is 13.3. The molecular weight excluding hydrogens is 351 g/mol. The van der Waals surface area contributed by atoms with Crippen molar-refractivity contribution in [1.29, 1.82) is 0 Å². The molecule has 0 aliphatic heterocycles. The molecule has 2 heterocycles. The highest BCUT2D eigenvalue weighted by Crippen LogP contribution is 2.27. The summed E-state index contributed by atoms with van der Waals surface area (Å²) in [5, 5.41) is 10.9. The molecule has 0 bridgehead atoms. The van der Waals surface area contributed by atoms with Gasteiger partial charge in [0.25, 0.3) is 0 Å². The van der Waals surface area contributed by atoms with Gasteiger partial charge in [-0.1, -0.05) is 24.3 Å². The molecule has 2 aromatic heterocycles. The first-order chi connectivity index (χ1) is 13.7. The van der Waals surface area contributed by atoms with Gasteiger partial charge in [0.15, 0.2) is 0 Å². The molecule has 0 aliphatic rings. The zero-order valence-electron chi connectivity index (χ0n) is 15.6. The van der Waals surface area contributed by atoms with Crippen molar-refractivity contribution in [2.45, 2.75) is 19.5 Å². The van der Waals surface area contributed by atoms with Gasteiger partial charge in [-0.3, -0.25) is 10.1 Å². The first kappa shape index (κ1) is 18.1. The lowest BCUT2D eigenvalue weighted by atomic mass is 9.95. The third kappa shape index (κ3) is 3.85. The van der Waals surface area contributed by atoms with Crippen LogP contribution in [-0.4, -0.2) is 15.2 Å². The normalized spacial score (nSPS) is 12.1. The van der Waals surface area contributed by atoms with E-state index in [-0.39, 0.29) is 11.9 Å². The molecule has 140 valence electrons. The quantitative estimate of drug-likeness (QED) is 0.511. The molecule has 0 aliphatic carbocycles. The molecule has 0 amide bonds. The van der Waals surface area contributed by atoms with Gasteiger partial charge in [0.1, 0.15) is 5.82 Å². The van der Waals surface area contributed by atoms with Crippen molar-refractivity contribution in [3.05, 3.63) is 107 Å². The van der Waals surface area contributed by atoms with Gasteiger partial charge < -0.3 is 5.32 Å². The minimum Gasteiger partial charge on any atom is -0.302 e. The third-order valence-electron chi connectivity index (χ3n) is 4.89. The van der Waals surface area contributed by atoms with Gasteiger partial charge in [0.05, 0.1) is 17.9 Å². The van der Waals surface area contributed by atoms with Crippen LogP contribution in [0.5, 0.6) is 0 Å². The van der Waals surface area contributed by atoms with Crippen molar-refractivity contribution in [3.8, 4) is 11.3 Å². The molecule has 28 heavy (non-hydrogen) atoms. The Kier molecular flexibility index (Phi) is 5.26. The highest BCUT2D eigenvalue weighted by atomic mass is 19.1. The van der Waals surface area contributed by atoms with E-state index < -0.39 is 0 Å². The van der Waals surface area contributed by atoms with Crippen molar-refractivity contribution in [2.24, 2.45) is 0 Å². The Morgan fingerprint density at radius 1 is 1.00 bits per heavy atom. The zero-order chi connectivity index (χ0) is 19.3. The van der Waals surface area contributed by atoms with Crippen LogP contribution in [0.4, 0.5) is 4.39 Å². The molecule has 0 unspecified atom stereocenters. The minimum absolute atomic E-state index is 0.0279. The number of aromatic nitrogens is 3. The predicted octanol–water partition coefficient (Wildman–Crippen LogP) is 4.80. The Labute approximate surface area is 163 Å². The smallest absolute Gasteiger partial charge is 0.123 e. The van der Waals surface area contributed by atoms with Gasteiger partial charge in [-0.2, -0.15) is 5.10 Å². The summed E-state index contributed by atoms with van der Waals surface area (Å²) in [5.41, 5.74) is 6.43. The van der Waals surface area contributed by atoms with E-state index in [9.17, 15) is 4.39 Å². The van der Waals surface area contributed by atoms with Crippen LogP contribution in [0.3, 0.4) is 0 Å². The Balaban J connectivity index is 1.62. The number of hydrogen-bond acceptors (Lipinski definition) is 3. The number of H-pyrrole nitrogens is 1. The molecule has 0 radical (unpaired) electrons. The van der Waals surface area contributed by atoms with Crippen LogP contribution in [0, 0.1) is 12.7 Å². The fourth-order valence-corrected chi connectivity index (χ4v) is 3.40. The fourth-order valence-electron chi connectivity index (χ4n) is 3.40. The molecule has 0 saturated heterocycles. The number of nitrogens with zero attached hydrogens (tertiary/aromatic N) is 2. The number of hydrogen-bond donors (Lipinski definition) is 2. The van der Waals surface area contributed by atoms with Gasteiger partial charge in [-0.05, 0) is 60.0 Å². The molecule has 4 rings (SSSR count). The van der Waals surface area contributed by atoms with E-state index in [4.69, 9.17) is 0 Å². The van der Waals surface area contributed by atoms with E-state index in [1.54, 1.807) is 12.1 Å². The van der Waals surface area contributed by atoms with Crippen molar-refractivity contribution in [1.82, 2.24) is 20.5 Å². The standard InChI is InChI=1S/C23H21FN4/c1-16-4-2-3-5-21(16)23(18-10-12-25-13-11-18)26-14-19-15-27-28-22(19)17-6-8-20(24)9-7-17/h2-13,15,23,26H,14H2,1H3,(H,27,28)/t23-/m1/s1. The van der Waals surface area contributed by atoms with Crippen LogP contribution in [0.2, 0.25) is 0 Å². The Hall–Kier alpha value is -3.31. The zero-order valence-corrected chi connectivity index (χ0v) is 15.6. The summed E-state index contributed by atoms with van der Waals surface area (Å²) >= 11 is 0. The molecule has 0 spiro atoms. The highest BCUT2D eigenvalue weighted by Gasteiger charge is 2.17. The Morgan fingerprint density at radius 3 is 2.50 bits per heavy atom. The molecule has 1 atom stereocenters. The van der Waals surface area contributed by atoms with Crippen molar-refractivity contribution >= 4 is 0 Å². The lowest BCUT2D eigenvalue weighted by molar-refractivity contribution is 0.602. The Morgan fingerprint density at radius 2 is 1.75 bits per heavy atom. The highest BCUT2D eigenvalue weighted by molar-refractivity contribution is 5.62. The van der Waals surface area contributed by atoms with Crippen LogP contribution in [0.1, 0.15) is 28.3 Å². The largest absolute Gasteiger partial charge is 0.302 e. The van der Waals surface area contributed by atoms with Crippen LogP contribution in [-0.2, 0) is 6.54 Å². The average molecular weight is 372 g/mol. The van der Waals surface area contributed by atoms with Crippen molar-refractivity contribution in [2.75, 3.05) is 0 Å². The summed E-state index contributed by atoms with van der Waals surface area (Å²) in [6.07, 6.45) is 5.43. The molecule has 2 aromatic carbocycles. The average Bonchev–Trinajstić information content (AvgIpc) is 3.19. The summed E-state index contributed by atoms with van der Waals surface area (Å²) in [4.78, 5) is 4.14. The monoisotopic (exact) mass is 372 g/mol. The van der Waals surface area contributed by atoms with Gasteiger partial charge in [0, 0.05) is 30.1 Å². The summed E-state index contributed by atoms with van der Waals surface area (Å²) in [5.74, 6) is -0.250. The molecule has 4 aromatic rings. The third-order valence-corrected chi connectivity index (χ3v) is 4.89. The molecule has 2 N–H and O–H groups in total. The summed E-state index contributed by atoms with van der Waals surface area (Å²) < 4.78 is 13.3. The van der Waals surface area contributed by atoms with Gasteiger partial charge in [0.2, 0.25) is 0 Å². The SMILES string of the molecule is Cc1ccccc1[C@H](NCc1cn[nH]c1-c1ccc(F)cc1)c1ccncc1. The number of benzene rings is 2. The van der Waals surface area contributed by atoms with E-state index >= 15 is 0 Å². The van der Waals surface area contributed by atoms with E-state index in [1.165, 1.54) is 23.3 Å². The second-order valence-electron chi connectivity index (χ2n) is 6.73. The summed E-state index contributed by atoms with van der Waals surface area (Å²) in [6.45, 7) is 2.73. The summed E-state index contributed by atoms with van der Waals surface area (Å²) in [7, 11) is 0. The van der Waals surface area contributed by atoms with E-state index in [2.05, 4.69) is 45.6 Å². The maximum Gasteiger partial charge on any atom is 0.123 e. The lowest BCUT2D eigenvalue weighted by Crippen LogP contribution is -2.23. The summed E-state index contributed by atoms with van der Waals surface area (Å²) in [6, 6.07) is 18.9. The molecule has 5 heteroatoms. The second kappa shape index (κ2) is 8.15. The topological polar surface area (TPSA) is 53.6 Å². The van der Waals surface area contributed by atoms with E-state index in [1.807, 2.05) is 36.8 Å². The first-order valence-electron chi connectivity index (χ1n) is 9.19. The van der Waals surface area contributed by atoms with Crippen LogP contribution in [0.25, 0.3) is 11.3 Å². The van der Waals surface area contributed by atoms with Gasteiger partial charge in [-0.15, -0.1) is 0 Å². The number of pyridine rings is 1. The van der Waals surface area contributed by atoms with Crippen molar-refractivity contribution in [3.63, 3.8) is 0 Å².